The summed E-state index contributed by atoms with van der Waals surface area (Å²) in [5.74, 6) is 0.973. The molecular formula is C10H14N2. The van der Waals surface area contributed by atoms with Crippen LogP contribution in [0.4, 0.5) is 0 Å². The van der Waals surface area contributed by atoms with Crippen molar-refractivity contribution in [2.75, 3.05) is 0 Å². The van der Waals surface area contributed by atoms with Crippen LogP contribution in [0.25, 0.3) is 0 Å². The molecule has 2 aliphatic rings. The summed E-state index contributed by atoms with van der Waals surface area (Å²) in [6, 6.07) is 2.31. The number of hydrogen-bond acceptors (Lipinski definition) is 1. The second-order valence-electron chi connectivity index (χ2n) is 4.10. The standard InChI is InChI=1S/C10H14N2/c1-2-10-7-9(6-8-3-4-8)11-12(10)5-1/h7-8H,1-6H2. The summed E-state index contributed by atoms with van der Waals surface area (Å²) < 4.78 is 2.19. The van der Waals surface area contributed by atoms with Gasteiger partial charge in [0.25, 0.3) is 0 Å². The summed E-state index contributed by atoms with van der Waals surface area (Å²) in [5, 5.41) is 4.59. The lowest BCUT2D eigenvalue weighted by atomic mass is 10.2. The molecule has 3 rings (SSSR count). The van der Waals surface area contributed by atoms with Crippen LogP contribution in [-0.4, -0.2) is 9.78 Å². The van der Waals surface area contributed by atoms with Crippen molar-refractivity contribution in [3.63, 3.8) is 0 Å². The number of fused-ring (bicyclic) bond motifs is 1. The van der Waals surface area contributed by atoms with E-state index in [2.05, 4.69) is 15.8 Å². The van der Waals surface area contributed by atoms with Crippen molar-refractivity contribution < 1.29 is 0 Å². The van der Waals surface area contributed by atoms with Crippen molar-refractivity contribution in [2.24, 2.45) is 5.92 Å². The van der Waals surface area contributed by atoms with Gasteiger partial charge in [0.1, 0.15) is 0 Å². The minimum atomic E-state index is 0.973. The smallest absolute Gasteiger partial charge is 0.0630 e. The Labute approximate surface area is 72.6 Å². The SMILES string of the molecule is c1c(CC2CC2)nn2c1CCC2. The first kappa shape index (κ1) is 6.70. The molecule has 64 valence electrons. The van der Waals surface area contributed by atoms with E-state index in [-0.39, 0.29) is 0 Å². The second-order valence-corrected chi connectivity index (χ2v) is 4.10. The predicted octanol–water partition coefficient (Wildman–Crippen LogP) is 1.78. The minimum Gasteiger partial charge on any atom is -0.269 e. The zero-order valence-corrected chi connectivity index (χ0v) is 7.29. The highest BCUT2D eigenvalue weighted by molar-refractivity contribution is 5.14. The van der Waals surface area contributed by atoms with Crippen LogP contribution in [0.5, 0.6) is 0 Å². The van der Waals surface area contributed by atoms with Gasteiger partial charge in [-0.1, -0.05) is 0 Å². The molecule has 2 heterocycles. The quantitative estimate of drug-likeness (QED) is 0.648. The molecule has 0 saturated heterocycles. The van der Waals surface area contributed by atoms with Gasteiger partial charge in [0, 0.05) is 12.2 Å². The molecule has 1 aromatic heterocycles. The van der Waals surface area contributed by atoms with E-state index in [9.17, 15) is 0 Å². The highest BCUT2D eigenvalue weighted by Gasteiger charge is 2.23. The third-order valence-electron chi connectivity index (χ3n) is 2.91. The first-order valence-corrected chi connectivity index (χ1v) is 4.97. The highest BCUT2D eigenvalue weighted by atomic mass is 15.3. The molecule has 1 saturated carbocycles. The molecule has 1 aliphatic heterocycles. The van der Waals surface area contributed by atoms with Crippen LogP contribution < -0.4 is 0 Å². The maximum Gasteiger partial charge on any atom is 0.0630 e. The zero-order chi connectivity index (χ0) is 7.97. The topological polar surface area (TPSA) is 17.8 Å². The largest absolute Gasteiger partial charge is 0.269 e. The minimum absolute atomic E-state index is 0.973. The Kier molecular flexibility index (Phi) is 1.31. The number of nitrogens with zero attached hydrogens (tertiary/aromatic N) is 2. The number of rotatable bonds is 2. The van der Waals surface area contributed by atoms with Crippen LogP contribution in [0.3, 0.4) is 0 Å². The van der Waals surface area contributed by atoms with Gasteiger partial charge in [0.15, 0.2) is 0 Å². The van der Waals surface area contributed by atoms with Crippen LogP contribution in [0.1, 0.15) is 30.7 Å². The highest BCUT2D eigenvalue weighted by Crippen LogP contribution is 2.32. The molecule has 2 heteroatoms. The summed E-state index contributed by atoms with van der Waals surface area (Å²) in [6.07, 6.45) is 6.65. The molecule has 0 amide bonds. The Hall–Kier alpha value is -0.790. The molecular weight excluding hydrogens is 148 g/mol. The van der Waals surface area contributed by atoms with Gasteiger partial charge in [0.05, 0.1) is 5.69 Å². The van der Waals surface area contributed by atoms with Crippen LogP contribution >= 0.6 is 0 Å². The van der Waals surface area contributed by atoms with E-state index in [0.717, 1.165) is 12.5 Å². The molecule has 0 radical (unpaired) electrons. The van der Waals surface area contributed by atoms with E-state index in [4.69, 9.17) is 0 Å². The molecule has 12 heavy (non-hydrogen) atoms. The van der Waals surface area contributed by atoms with Gasteiger partial charge in [-0.15, -0.1) is 0 Å². The molecule has 0 aromatic carbocycles. The van der Waals surface area contributed by atoms with Gasteiger partial charge in [0.2, 0.25) is 0 Å². The van der Waals surface area contributed by atoms with Crippen molar-refractivity contribution >= 4 is 0 Å². The van der Waals surface area contributed by atoms with E-state index in [1.165, 1.54) is 43.5 Å². The van der Waals surface area contributed by atoms with Gasteiger partial charge < -0.3 is 0 Å². The van der Waals surface area contributed by atoms with E-state index < -0.39 is 0 Å². The predicted molar refractivity (Wildman–Crippen MR) is 47.0 cm³/mol. The Bertz CT molecular complexity index is 275. The van der Waals surface area contributed by atoms with Gasteiger partial charge >= 0.3 is 0 Å². The summed E-state index contributed by atoms with van der Waals surface area (Å²) in [7, 11) is 0. The third-order valence-corrected chi connectivity index (χ3v) is 2.91. The molecule has 0 unspecified atom stereocenters. The first-order chi connectivity index (χ1) is 5.92. The van der Waals surface area contributed by atoms with E-state index in [1.54, 1.807) is 0 Å². The van der Waals surface area contributed by atoms with E-state index in [1.807, 2.05) is 0 Å². The Morgan fingerprint density at radius 3 is 3.17 bits per heavy atom. The average Bonchev–Trinajstić information content (AvgIpc) is 2.56. The van der Waals surface area contributed by atoms with E-state index in [0.29, 0.717) is 0 Å². The summed E-state index contributed by atoms with van der Waals surface area (Å²) in [5.41, 5.74) is 2.80. The van der Waals surface area contributed by atoms with Crippen molar-refractivity contribution in [1.29, 1.82) is 0 Å². The molecule has 2 nitrogen and oxygen atoms in total. The Morgan fingerprint density at radius 2 is 2.42 bits per heavy atom. The molecule has 1 aliphatic carbocycles. The lowest BCUT2D eigenvalue weighted by Crippen LogP contribution is -1.96. The summed E-state index contributed by atoms with van der Waals surface area (Å²) in [4.78, 5) is 0. The lowest BCUT2D eigenvalue weighted by Gasteiger charge is -1.92. The van der Waals surface area contributed by atoms with Gasteiger partial charge in [-0.05, 0) is 44.1 Å². The number of aromatic nitrogens is 2. The van der Waals surface area contributed by atoms with Crippen LogP contribution in [0.15, 0.2) is 6.07 Å². The first-order valence-electron chi connectivity index (χ1n) is 4.97. The fourth-order valence-electron chi connectivity index (χ4n) is 2.04. The van der Waals surface area contributed by atoms with Crippen molar-refractivity contribution in [2.45, 2.75) is 38.6 Å². The fraction of sp³-hybridized carbons (Fsp3) is 0.700. The monoisotopic (exact) mass is 162 g/mol. The second kappa shape index (κ2) is 2.35. The van der Waals surface area contributed by atoms with Crippen LogP contribution in [0, 0.1) is 5.92 Å². The number of hydrogen-bond donors (Lipinski definition) is 0. The van der Waals surface area contributed by atoms with Crippen molar-refractivity contribution in [3.05, 3.63) is 17.5 Å². The number of aryl methyl sites for hydroxylation is 2. The fourth-order valence-corrected chi connectivity index (χ4v) is 2.04. The Morgan fingerprint density at radius 1 is 1.50 bits per heavy atom. The van der Waals surface area contributed by atoms with Crippen molar-refractivity contribution in [1.82, 2.24) is 9.78 Å². The zero-order valence-electron chi connectivity index (χ0n) is 7.29. The van der Waals surface area contributed by atoms with Crippen LogP contribution in [0.2, 0.25) is 0 Å². The Balaban J connectivity index is 1.82. The lowest BCUT2D eigenvalue weighted by molar-refractivity contribution is 0.635. The average molecular weight is 162 g/mol. The molecule has 0 bridgehead atoms. The maximum absolute atomic E-state index is 4.59. The molecule has 1 fully saturated rings. The molecule has 0 atom stereocenters. The molecule has 1 aromatic rings. The van der Waals surface area contributed by atoms with Gasteiger partial charge in [-0.2, -0.15) is 5.10 Å². The molecule has 0 spiro atoms. The summed E-state index contributed by atoms with van der Waals surface area (Å²) in [6.45, 7) is 1.15. The maximum atomic E-state index is 4.59. The van der Waals surface area contributed by atoms with Gasteiger partial charge in [-0.25, -0.2) is 0 Å². The summed E-state index contributed by atoms with van der Waals surface area (Å²) >= 11 is 0. The third kappa shape index (κ3) is 1.06. The van der Waals surface area contributed by atoms with Gasteiger partial charge in [-0.3, -0.25) is 4.68 Å². The van der Waals surface area contributed by atoms with Crippen molar-refractivity contribution in [3.8, 4) is 0 Å². The van der Waals surface area contributed by atoms with Crippen LogP contribution in [-0.2, 0) is 19.4 Å². The molecule has 0 N–H and O–H groups in total. The normalized spacial score (nSPS) is 21.3. The van der Waals surface area contributed by atoms with E-state index >= 15 is 0 Å².